The highest BCUT2D eigenvalue weighted by Gasteiger charge is 2.10. The molecule has 6 nitrogen and oxygen atoms in total. The second-order valence-electron chi connectivity index (χ2n) is 4.08. The molecular formula is C14H11N2O4S-. The zero-order valence-electron chi connectivity index (χ0n) is 10.8. The lowest BCUT2D eigenvalue weighted by molar-refractivity contribution is -0.255. The minimum absolute atomic E-state index is 0.0389. The van der Waals surface area contributed by atoms with Crippen molar-refractivity contribution in [3.05, 3.63) is 65.7 Å². The number of aromatic carboxylic acids is 1. The molecular weight excluding hydrogens is 292 g/mol. The molecule has 0 aliphatic rings. The molecule has 2 rings (SSSR count). The van der Waals surface area contributed by atoms with E-state index in [1.54, 1.807) is 18.2 Å². The van der Waals surface area contributed by atoms with Gasteiger partial charge in [-0.15, -0.1) is 0 Å². The lowest BCUT2D eigenvalue weighted by Crippen LogP contribution is -2.22. The molecule has 0 aliphatic heterocycles. The molecule has 0 aliphatic carbocycles. The van der Waals surface area contributed by atoms with E-state index in [4.69, 9.17) is 0 Å². The second-order valence-corrected chi connectivity index (χ2v) is 5.74. The van der Waals surface area contributed by atoms with Gasteiger partial charge < -0.3 is 9.90 Å². The average Bonchev–Trinajstić information content (AvgIpc) is 2.48. The Morgan fingerprint density at radius 2 is 1.67 bits per heavy atom. The van der Waals surface area contributed by atoms with Crippen molar-refractivity contribution in [1.82, 2.24) is 4.83 Å². The van der Waals surface area contributed by atoms with Crippen LogP contribution in [0.3, 0.4) is 0 Å². The molecule has 0 amide bonds. The Bertz CT molecular complexity index is 753. The first-order chi connectivity index (χ1) is 9.99. The highest BCUT2D eigenvalue weighted by molar-refractivity contribution is 7.89. The molecule has 0 aromatic heterocycles. The average molecular weight is 303 g/mol. The number of carbonyl (C=O) groups is 1. The Morgan fingerprint density at radius 1 is 1.05 bits per heavy atom. The quantitative estimate of drug-likeness (QED) is 0.637. The number of hydrogen-bond donors (Lipinski definition) is 1. The van der Waals surface area contributed by atoms with E-state index in [1.165, 1.54) is 42.6 Å². The van der Waals surface area contributed by atoms with E-state index >= 15 is 0 Å². The third kappa shape index (κ3) is 3.90. The summed E-state index contributed by atoms with van der Waals surface area (Å²) in [4.78, 5) is 12.8. The van der Waals surface area contributed by atoms with Crippen LogP contribution in [0.4, 0.5) is 0 Å². The monoisotopic (exact) mass is 303 g/mol. The van der Waals surface area contributed by atoms with Gasteiger partial charge in [0.1, 0.15) is 0 Å². The number of nitrogens with one attached hydrogen (secondary N) is 1. The standard InChI is InChI=1S/C14H12N2O4S/c17-14(18)12-8-6-11(7-9-12)10-15-16-21(19,20)13-4-2-1-3-5-13/h1-10,16H,(H,17,18)/p-1. The maximum atomic E-state index is 11.9. The molecule has 0 spiro atoms. The third-order valence-electron chi connectivity index (χ3n) is 2.59. The normalized spacial score (nSPS) is 11.4. The highest BCUT2D eigenvalue weighted by Crippen LogP contribution is 2.07. The molecule has 108 valence electrons. The molecule has 0 radical (unpaired) electrons. The highest BCUT2D eigenvalue weighted by atomic mass is 32.2. The summed E-state index contributed by atoms with van der Waals surface area (Å²) in [6.45, 7) is 0. The molecule has 0 unspecified atom stereocenters. The van der Waals surface area contributed by atoms with Crippen LogP contribution >= 0.6 is 0 Å². The minimum atomic E-state index is -3.70. The fraction of sp³-hybridized carbons (Fsp3) is 0. The van der Waals surface area contributed by atoms with Crippen molar-refractivity contribution in [2.45, 2.75) is 4.90 Å². The Labute approximate surface area is 121 Å². The summed E-state index contributed by atoms with van der Waals surface area (Å²) >= 11 is 0. The van der Waals surface area contributed by atoms with Crippen LogP contribution in [0.15, 0.2) is 64.6 Å². The van der Waals surface area contributed by atoms with Gasteiger partial charge in [0, 0.05) is 0 Å². The van der Waals surface area contributed by atoms with E-state index in [9.17, 15) is 18.3 Å². The van der Waals surface area contributed by atoms with E-state index in [0.717, 1.165) is 0 Å². The van der Waals surface area contributed by atoms with E-state index in [1.807, 2.05) is 0 Å². The molecule has 2 aromatic carbocycles. The lowest BCUT2D eigenvalue weighted by atomic mass is 10.1. The summed E-state index contributed by atoms with van der Waals surface area (Å²) in [5, 5.41) is 14.2. The lowest BCUT2D eigenvalue weighted by Gasteiger charge is -2.03. The van der Waals surface area contributed by atoms with Crippen molar-refractivity contribution < 1.29 is 18.3 Å². The molecule has 2 aromatic rings. The van der Waals surface area contributed by atoms with Crippen LogP contribution in [0.5, 0.6) is 0 Å². The maximum absolute atomic E-state index is 11.9. The fourth-order valence-electron chi connectivity index (χ4n) is 1.53. The van der Waals surface area contributed by atoms with Crippen molar-refractivity contribution in [3.63, 3.8) is 0 Å². The molecule has 7 heteroatoms. The SMILES string of the molecule is O=C([O-])c1ccc(C=NNS(=O)(=O)c2ccccc2)cc1. The Balaban J connectivity index is 2.07. The first kappa shape index (κ1) is 14.7. The van der Waals surface area contributed by atoms with Gasteiger partial charge in [0.25, 0.3) is 10.0 Å². The van der Waals surface area contributed by atoms with Crippen molar-refractivity contribution in [1.29, 1.82) is 0 Å². The number of rotatable bonds is 5. The zero-order valence-corrected chi connectivity index (χ0v) is 11.6. The van der Waals surface area contributed by atoms with Crippen molar-refractivity contribution in [2.24, 2.45) is 5.10 Å². The molecule has 0 bridgehead atoms. The summed E-state index contributed by atoms with van der Waals surface area (Å²) in [6, 6.07) is 13.5. The Hall–Kier alpha value is -2.67. The number of sulfonamides is 1. The van der Waals surface area contributed by atoms with Crippen molar-refractivity contribution in [3.8, 4) is 0 Å². The molecule has 0 atom stereocenters. The summed E-state index contributed by atoms with van der Waals surface area (Å²) in [5.74, 6) is -1.27. The third-order valence-corrected chi connectivity index (χ3v) is 3.82. The molecule has 0 saturated carbocycles. The van der Waals surface area contributed by atoms with Gasteiger partial charge in [-0.05, 0) is 23.3 Å². The van der Waals surface area contributed by atoms with Crippen LogP contribution in [0, 0.1) is 0 Å². The molecule has 1 N–H and O–H groups in total. The van der Waals surface area contributed by atoms with E-state index in [0.29, 0.717) is 5.56 Å². The molecule has 0 heterocycles. The first-order valence-corrected chi connectivity index (χ1v) is 7.39. The van der Waals surface area contributed by atoms with Crippen molar-refractivity contribution in [2.75, 3.05) is 0 Å². The summed E-state index contributed by atoms with van der Waals surface area (Å²) < 4.78 is 23.7. The smallest absolute Gasteiger partial charge is 0.276 e. The fourth-order valence-corrected chi connectivity index (χ4v) is 2.34. The van der Waals surface area contributed by atoms with Crippen LogP contribution in [0.2, 0.25) is 0 Å². The number of benzene rings is 2. The minimum Gasteiger partial charge on any atom is -0.545 e. The second kappa shape index (κ2) is 6.19. The van der Waals surface area contributed by atoms with Crippen LogP contribution in [0.1, 0.15) is 15.9 Å². The van der Waals surface area contributed by atoms with Gasteiger partial charge in [-0.2, -0.15) is 13.5 Å². The van der Waals surface area contributed by atoms with E-state index in [2.05, 4.69) is 9.93 Å². The topological polar surface area (TPSA) is 98.7 Å². The van der Waals surface area contributed by atoms with Crippen LogP contribution < -0.4 is 9.94 Å². The first-order valence-electron chi connectivity index (χ1n) is 5.90. The summed E-state index contributed by atoms with van der Waals surface area (Å²) in [7, 11) is -3.70. The van der Waals surface area contributed by atoms with Gasteiger partial charge in [-0.25, -0.2) is 4.83 Å². The van der Waals surface area contributed by atoms with Gasteiger partial charge in [0.15, 0.2) is 0 Å². The number of carboxylic acids is 1. The maximum Gasteiger partial charge on any atom is 0.276 e. The number of nitrogens with zero attached hydrogens (tertiary/aromatic N) is 1. The summed E-state index contributed by atoms with van der Waals surface area (Å²) in [6.07, 6.45) is 1.28. The Kier molecular flexibility index (Phi) is 4.34. The zero-order chi connectivity index (χ0) is 15.3. The van der Waals surface area contributed by atoms with Crippen LogP contribution in [0.25, 0.3) is 0 Å². The van der Waals surface area contributed by atoms with E-state index < -0.39 is 16.0 Å². The molecule has 21 heavy (non-hydrogen) atoms. The van der Waals surface area contributed by atoms with Gasteiger partial charge in [-0.1, -0.05) is 42.5 Å². The molecule has 0 saturated heterocycles. The predicted octanol–water partition coefficient (Wildman–Crippen LogP) is 0.362. The number of carbonyl (C=O) groups excluding carboxylic acids is 1. The van der Waals surface area contributed by atoms with Gasteiger partial charge in [0.05, 0.1) is 17.1 Å². The number of carboxylic acid groups (broad SMARTS) is 1. The largest absolute Gasteiger partial charge is 0.545 e. The number of hydrazone groups is 1. The van der Waals surface area contributed by atoms with Crippen LogP contribution in [-0.4, -0.2) is 20.6 Å². The molecule has 0 fully saturated rings. The van der Waals surface area contributed by atoms with Crippen molar-refractivity contribution >= 4 is 22.2 Å². The van der Waals surface area contributed by atoms with Crippen LogP contribution in [-0.2, 0) is 10.0 Å². The van der Waals surface area contributed by atoms with E-state index in [-0.39, 0.29) is 10.5 Å². The van der Waals surface area contributed by atoms with Gasteiger partial charge in [0.2, 0.25) is 0 Å². The van der Waals surface area contributed by atoms with Gasteiger partial charge >= 0.3 is 0 Å². The Morgan fingerprint density at radius 3 is 2.24 bits per heavy atom. The predicted molar refractivity (Wildman–Crippen MR) is 75.1 cm³/mol. The number of hydrogen-bond acceptors (Lipinski definition) is 5. The summed E-state index contributed by atoms with van der Waals surface area (Å²) in [5.41, 5.74) is 0.591. The van der Waals surface area contributed by atoms with Gasteiger partial charge in [-0.3, -0.25) is 0 Å².